The number of benzene rings is 3. The largest absolute Gasteiger partial charge is 0.480 e. The summed E-state index contributed by atoms with van der Waals surface area (Å²) in [5.74, 6) is -0.880. The van der Waals surface area contributed by atoms with Crippen molar-refractivity contribution in [3.63, 3.8) is 0 Å². The fraction of sp³-hybridized carbons (Fsp3) is 0.250. The summed E-state index contributed by atoms with van der Waals surface area (Å²) >= 11 is 0. The molecule has 3 aromatic rings. The first-order valence-corrected chi connectivity index (χ1v) is 10.8. The number of hydrogen-bond donors (Lipinski definition) is 1. The minimum atomic E-state index is -0.855. The van der Waals surface area contributed by atoms with Crippen LogP contribution in [0.15, 0.2) is 85.4 Å². The highest BCUT2D eigenvalue weighted by molar-refractivity contribution is 5.69. The monoisotopic (exact) mass is 429 g/mol. The van der Waals surface area contributed by atoms with Crippen molar-refractivity contribution in [1.29, 1.82) is 0 Å². The molecule has 0 fully saturated rings. The van der Waals surface area contributed by atoms with Crippen molar-refractivity contribution in [2.24, 2.45) is 0 Å². The predicted molar refractivity (Wildman–Crippen MR) is 130 cm³/mol. The lowest BCUT2D eigenvalue weighted by atomic mass is 9.84. The molecule has 0 radical (unpaired) electrons. The molecule has 0 aromatic heterocycles. The fourth-order valence-corrected chi connectivity index (χ4v) is 4.16. The summed E-state index contributed by atoms with van der Waals surface area (Å²) < 4.78 is 6.19. The van der Waals surface area contributed by atoms with Gasteiger partial charge in [0.25, 0.3) is 0 Å². The minimum Gasteiger partial charge on any atom is -0.480 e. The Hall–Kier alpha value is -3.21. The maximum atomic E-state index is 11.5. The van der Waals surface area contributed by atoms with Crippen molar-refractivity contribution in [3.8, 4) is 0 Å². The normalized spacial score (nSPS) is 12.1. The maximum absolute atomic E-state index is 11.5. The number of likely N-dealkylation sites (N-methyl/N-ethyl adjacent to an activating group) is 1. The number of carboxylic acids is 1. The Bertz CT molecular complexity index is 978. The Morgan fingerprint density at radius 2 is 1.62 bits per heavy atom. The van der Waals surface area contributed by atoms with E-state index in [1.165, 1.54) is 0 Å². The van der Waals surface area contributed by atoms with Gasteiger partial charge >= 0.3 is 5.97 Å². The molecule has 0 spiro atoms. The summed E-state index contributed by atoms with van der Waals surface area (Å²) in [6.45, 7) is 6.71. The Morgan fingerprint density at radius 1 is 1.03 bits per heavy atom. The molecule has 0 unspecified atom stereocenters. The van der Waals surface area contributed by atoms with Crippen LogP contribution in [0, 0.1) is 6.92 Å². The van der Waals surface area contributed by atoms with E-state index in [0.29, 0.717) is 13.2 Å². The number of ether oxygens (including phenoxy) is 1. The second-order valence-electron chi connectivity index (χ2n) is 8.15. The van der Waals surface area contributed by atoms with E-state index in [4.69, 9.17) is 4.74 Å². The van der Waals surface area contributed by atoms with Gasteiger partial charge in [-0.15, -0.1) is 0 Å². The van der Waals surface area contributed by atoms with Crippen molar-refractivity contribution in [3.05, 3.63) is 113 Å². The van der Waals surface area contributed by atoms with E-state index < -0.39 is 5.97 Å². The first-order chi connectivity index (χ1) is 15.5. The maximum Gasteiger partial charge on any atom is 0.317 e. The average molecular weight is 430 g/mol. The number of nitrogens with zero attached hydrogens (tertiary/aromatic N) is 1. The zero-order chi connectivity index (χ0) is 22.9. The van der Waals surface area contributed by atoms with Crippen LogP contribution in [0.25, 0.3) is 6.08 Å². The highest BCUT2D eigenvalue weighted by Gasteiger charge is 2.29. The van der Waals surface area contributed by atoms with E-state index in [1.807, 2.05) is 54.4 Å². The van der Waals surface area contributed by atoms with E-state index in [-0.39, 0.29) is 18.5 Å². The van der Waals surface area contributed by atoms with Crippen LogP contribution in [0.4, 0.5) is 0 Å². The lowest BCUT2D eigenvalue weighted by Gasteiger charge is -2.34. The summed E-state index contributed by atoms with van der Waals surface area (Å²) in [4.78, 5) is 13.4. The molecule has 0 aliphatic rings. The zero-order valence-corrected chi connectivity index (χ0v) is 18.8. The molecule has 0 heterocycles. The average Bonchev–Trinajstić information content (AvgIpc) is 2.79. The molecule has 3 rings (SSSR count). The van der Waals surface area contributed by atoms with Crippen molar-refractivity contribution < 1.29 is 14.6 Å². The van der Waals surface area contributed by atoms with Crippen LogP contribution in [0.1, 0.15) is 33.7 Å². The van der Waals surface area contributed by atoms with Crippen LogP contribution < -0.4 is 0 Å². The number of rotatable bonds is 11. The number of carbonyl (C=O) groups is 1. The van der Waals surface area contributed by atoms with Crippen LogP contribution in [-0.4, -0.2) is 42.2 Å². The molecule has 0 amide bonds. The van der Waals surface area contributed by atoms with Gasteiger partial charge in [0.1, 0.15) is 0 Å². The zero-order valence-electron chi connectivity index (χ0n) is 18.8. The summed E-state index contributed by atoms with van der Waals surface area (Å²) in [6.07, 6.45) is 1.83. The molecular weight excluding hydrogens is 398 g/mol. The lowest BCUT2D eigenvalue weighted by Crippen LogP contribution is -2.43. The van der Waals surface area contributed by atoms with Gasteiger partial charge in [-0.25, -0.2) is 0 Å². The Kier molecular flexibility index (Phi) is 8.37. The first kappa shape index (κ1) is 23.5. The predicted octanol–water partition coefficient (Wildman–Crippen LogP) is 5.37. The van der Waals surface area contributed by atoms with E-state index in [2.05, 4.69) is 56.0 Å². The van der Waals surface area contributed by atoms with E-state index >= 15 is 0 Å². The van der Waals surface area contributed by atoms with Gasteiger partial charge < -0.3 is 9.84 Å². The highest BCUT2D eigenvalue weighted by Crippen LogP contribution is 2.31. The first-order valence-electron chi connectivity index (χ1n) is 10.8. The molecule has 166 valence electrons. The van der Waals surface area contributed by atoms with Gasteiger partial charge in [0.05, 0.1) is 19.8 Å². The standard InChI is InChI=1S/C28H31NO3/c1-4-22-15-21(2)16-23(17-22)19-32-20-26(29(3)18-27(30)31)28(24-11-7-5-8-12-24)25-13-9-6-10-14-25/h4-17,26,28H,1,18-20H2,2-3H3,(H,30,31)/t26-/m1/s1. The molecule has 32 heavy (non-hydrogen) atoms. The number of aliphatic carboxylic acids is 1. The Labute approximate surface area is 190 Å². The number of hydrogen-bond acceptors (Lipinski definition) is 3. The van der Waals surface area contributed by atoms with Crippen molar-refractivity contribution in [2.75, 3.05) is 20.2 Å². The molecule has 0 aliphatic heterocycles. The topological polar surface area (TPSA) is 49.8 Å². The molecular formula is C28H31NO3. The molecule has 0 bridgehead atoms. The van der Waals surface area contributed by atoms with Gasteiger partial charge in [0.15, 0.2) is 0 Å². The number of carboxylic acid groups (broad SMARTS) is 1. The second kappa shape index (κ2) is 11.4. The molecule has 1 N–H and O–H groups in total. The van der Waals surface area contributed by atoms with Gasteiger partial charge in [-0.05, 0) is 42.3 Å². The molecule has 4 heteroatoms. The van der Waals surface area contributed by atoms with Gasteiger partial charge in [-0.2, -0.15) is 0 Å². The van der Waals surface area contributed by atoms with Gasteiger partial charge in [0.2, 0.25) is 0 Å². The third-order valence-corrected chi connectivity index (χ3v) is 5.61. The van der Waals surface area contributed by atoms with E-state index in [9.17, 15) is 9.90 Å². The molecule has 3 aromatic carbocycles. The third kappa shape index (κ3) is 6.39. The summed E-state index contributed by atoms with van der Waals surface area (Å²) in [5, 5.41) is 9.46. The Morgan fingerprint density at radius 3 is 2.16 bits per heavy atom. The third-order valence-electron chi connectivity index (χ3n) is 5.61. The van der Waals surface area contributed by atoms with Gasteiger partial charge in [-0.1, -0.05) is 91.0 Å². The highest BCUT2D eigenvalue weighted by atomic mass is 16.5. The van der Waals surface area contributed by atoms with Crippen LogP contribution in [0.2, 0.25) is 0 Å². The quantitative estimate of drug-likeness (QED) is 0.445. The van der Waals surface area contributed by atoms with Crippen LogP contribution in [0.5, 0.6) is 0 Å². The molecule has 0 saturated carbocycles. The fourth-order valence-electron chi connectivity index (χ4n) is 4.16. The van der Waals surface area contributed by atoms with E-state index in [1.54, 1.807) is 0 Å². The summed E-state index contributed by atoms with van der Waals surface area (Å²) in [5.41, 5.74) is 5.57. The van der Waals surface area contributed by atoms with Crippen molar-refractivity contribution in [1.82, 2.24) is 4.90 Å². The van der Waals surface area contributed by atoms with Crippen LogP contribution >= 0.6 is 0 Å². The van der Waals surface area contributed by atoms with E-state index in [0.717, 1.165) is 27.8 Å². The van der Waals surface area contributed by atoms with Crippen molar-refractivity contribution in [2.45, 2.75) is 25.5 Å². The smallest absolute Gasteiger partial charge is 0.317 e. The SMILES string of the molecule is C=Cc1cc(C)cc(COC[C@H](C(c2ccccc2)c2ccccc2)N(C)CC(=O)O)c1. The minimum absolute atomic E-state index is 0.0250. The van der Waals surface area contributed by atoms with Crippen LogP contribution in [0.3, 0.4) is 0 Å². The molecule has 0 aliphatic carbocycles. The second-order valence-corrected chi connectivity index (χ2v) is 8.15. The van der Waals surface area contributed by atoms with Crippen molar-refractivity contribution >= 4 is 12.0 Å². The number of aryl methyl sites for hydroxylation is 1. The van der Waals surface area contributed by atoms with Crippen LogP contribution in [-0.2, 0) is 16.1 Å². The van der Waals surface area contributed by atoms with Gasteiger partial charge in [-0.3, -0.25) is 9.69 Å². The summed E-state index contributed by atoms with van der Waals surface area (Å²) in [7, 11) is 1.85. The molecule has 1 atom stereocenters. The molecule has 0 saturated heterocycles. The van der Waals surface area contributed by atoms with Gasteiger partial charge in [0, 0.05) is 12.0 Å². The summed E-state index contributed by atoms with van der Waals surface area (Å²) in [6, 6.07) is 26.5. The molecule has 4 nitrogen and oxygen atoms in total. The lowest BCUT2D eigenvalue weighted by molar-refractivity contribution is -0.138. The Balaban J connectivity index is 1.88.